The number of piperazine rings is 1. The van der Waals surface area contributed by atoms with Gasteiger partial charge in [0.1, 0.15) is 0 Å². The maximum Gasteiger partial charge on any atom is 0.415 e. The minimum absolute atomic E-state index is 0.0385. The van der Waals surface area contributed by atoms with Crippen LogP contribution in [0.5, 0.6) is 0 Å². The van der Waals surface area contributed by atoms with Gasteiger partial charge in [0, 0.05) is 32.6 Å². The third-order valence-corrected chi connectivity index (χ3v) is 3.54. The predicted octanol–water partition coefficient (Wildman–Crippen LogP) is 0.983. The second-order valence-electron chi connectivity index (χ2n) is 5.97. The van der Waals surface area contributed by atoms with Crippen molar-refractivity contribution in [3.8, 4) is 0 Å². The first-order chi connectivity index (χ1) is 9.46. The molecule has 1 atom stereocenters. The highest BCUT2D eigenvalue weighted by molar-refractivity contribution is 5.87. The van der Waals surface area contributed by atoms with Crippen LogP contribution >= 0.6 is 0 Å². The lowest BCUT2D eigenvalue weighted by Crippen LogP contribution is -2.64. The number of hydrogen-bond acceptors (Lipinski definition) is 3. The Balaban J connectivity index is 2.61. The van der Waals surface area contributed by atoms with Gasteiger partial charge in [0.2, 0.25) is 5.91 Å². The molecule has 0 radical (unpaired) electrons. The third kappa shape index (κ3) is 4.09. The molecule has 2 amide bonds. The van der Waals surface area contributed by atoms with E-state index in [9.17, 15) is 22.8 Å². The van der Waals surface area contributed by atoms with E-state index < -0.39 is 17.6 Å². The highest BCUT2D eigenvalue weighted by atomic mass is 19.4. The van der Waals surface area contributed by atoms with E-state index in [1.807, 2.05) is 13.8 Å². The summed E-state index contributed by atoms with van der Waals surface area (Å²) in [6.07, 6.45) is -4.40. The van der Waals surface area contributed by atoms with Gasteiger partial charge in [0.15, 0.2) is 5.54 Å². The molecule has 1 aliphatic heterocycles. The van der Waals surface area contributed by atoms with E-state index in [2.05, 4.69) is 0 Å². The van der Waals surface area contributed by atoms with Crippen molar-refractivity contribution in [1.82, 2.24) is 9.80 Å². The van der Waals surface area contributed by atoms with E-state index in [1.54, 1.807) is 4.90 Å². The van der Waals surface area contributed by atoms with E-state index in [1.165, 1.54) is 0 Å². The Morgan fingerprint density at radius 3 is 1.90 bits per heavy atom. The Bertz CT molecular complexity index is 400. The van der Waals surface area contributed by atoms with Crippen LogP contribution in [0.4, 0.5) is 13.2 Å². The quantitative estimate of drug-likeness (QED) is 0.845. The number of nitrogens with two attached hydrogens (primary N) is 1. The van der Waals surface area contributed by atoms with E-state index >= 15 is 0 Å². The summed E-state index contributed by atoms with van der Waals surface area (Å²) < 4.78 is 38.3. The van der Waals surface area contributed by atoms with E-state index in [-0.39, 0.29) is 38.0 Å². The van der Waals surface area contributed by atoms with Gasteiger partial charge in [-0.05, 0) is 12.8 Å². The van der Waals surface area contributed by atoms with Crippen molar-refractivity contribution < 1.29 is 22.8 Å². The number of halogens is 3. The number of hydrogen-bond donors (Lipinski definition) is 1. The number of alkyl halides is 3. The summed E-state index contributed by atoms with van der Waals surface area (Å²) in [4.78, 5) is 26.4. The maximum absolute atomic E-state index is 12.8. The van der Waals surface area contributed by atoms with Crippen LogP contribution in [0.2, 0.25) is 0 Å². The van der Waals surface area contributed by atoms with Crippen LogP contribution < -0.4 is 5.73 Å². The molecule has 1 saturated heterocycles. The first kappa shape index (κ1) is 17.7. The molecule has 1 unspecified atom stereocenters. The van der Waals surface area contributed by atoms with E-state index in [4.69, 9.17) is 5.73 Å². The van der Waals surface area contributed by atoms with Crippen LogP contribution in [0.15, 0.2) is 0 Å². The zero-order valence-electron chi connectivity index (χ0n) is 12.5. The molecular formula is C13H22F3N3O2. The Morgan fingerprint density at radius 2 is 1.52 bits per heavy atom. The molecule has 0 aromatic carbocycles. The molecule has 1 heterocycles. The monoisotopic (exact) mass is 309 g/mol. The standard InChI is InChI=1S/C13H22F3N3O2/c1-9(2)8-10(20)18-4-6-19(7-5-18)11(21)12(3,17)13(14,15)16/h9H,4-8,17H2,1-3H3. The van der Waals surface area contributed by atoms with Gasteiger partial charge < -0.3 is 15.5 Å². The average molecular weight is 309 g/mol. The predicted molar refractivity (Wildman–Crippen MR) is 71.3 cm³/mol. The van der Waals surface area contributed by atoms with Crippen LogP contribution in [0.3, 0.4) is 0 Å². The number of nitrogens with zero attached hydrogens (tertiary/aromatic N) is 2. The zero-order valence-corrected chi connectivity index (χ0v) is 12.5. The summed E-state index contributed by atoms with van der Waals surface area (Å²) in [6.45, 7) is 5.14. The molecule has 5 nitrogen and oxygen atoms in total. The lowest BCUT2D eigenvalue weighted by Gasteiger charge is -2.39. The van der Waals surface area contributed by atoms with E-state index in [0.29, 0.717) is 13.3 Å². The van der Waals surface area contributed by atoms with Gasteiger partial charge in [-0.1, -0.05) is 13.8 Å². The van der Waals surface area contributed by atoms with Crippen LogP contribution in [0.1, 0.15) is 27.2 Å². The van der Waals surface area contributed by atoms with Crippen molar-refractivity contribution in [2.45, 2.75) is 38.9 Å². The van der Waals surface area contributed by atoms with Crippen molar-refractivity contribution in [1.29, 1.82) is 0 Å². The summed E-state index contributed by atoms with van der Waals surface area (Å²) in [5.41, 5.74) is 2.24. The van der Waals surface area contributed by atoms with Crippen LogP contribution in [-0.2, 0) is 9.59 Å². The summed E-state index contributed by atoms with van der Waals surface area (Å²) in [5.74, 6) is -0.968. The fourth-order valence-corrected chi connectivity index (χ4v) is 2.09. The van der Waals surface area contributed by atoms with Gasteiger partial charge in [-0.15, -0.1) is 0 Å². The third-order valence-electron chi connectivity index (χ3n) is 3.54. The van der Waals surface area contributed by atoms with Gasteiger partial charge in [-0.2, -0.15) is 13.2 Å². The van der Waals surface area contributed by atoms with Crippen molar-refractivity contribution >= 4 is 11.8 Å². The minimum atomic E-state index is -4.80. The lowest BCUT2D eigenvalue weighted by atomic mass is 10.0. The van der Waals surface area contributed by atoms with Crippen molar-refractivity contribution in [2.24, 2.45) is 11.7 Å². The Hall–Kier alpha value is -1.31. The first-order valence-electron chi connectivity index (χ1n) is 6.89. The average Bonchev–Trinajstić information content (AvgIpc) is 2.35. The molecule has 0 bridgehead atoms. The number of carbonyl (C=O) groups is 2. The molecule has 0 aromatic rings. The van der Waals surface area contributed by atoms with Gasteiger partial charge in [0.25, 0.3) is 5.91 Å². The number of amides is 2. The van der Waals surface area contributed by atoms with Gasteiger partial charge >= 0.3 is 6.18 Å². The van der Waals surface area contributed by atoms with E-state index in [0.717, 1.165) is 4.90 Å². The largest absolute Gasteiger partial charge is 0.415 e. The molecule has 21 heavy (non-hydrogen) atoms. The molecule has 1 rings (SSSR count). The summed E-state index contributed by atoms with van der Waals surface area (Å²) >= 11 is 0. The van der Waals surface area contributed by atoms with Crippen molar-refractivity contribution in [3.05, 3.63) is 0 Å². The second kappa shape index (κ2) is 6.21. The smallest absolute Gasteiger partial charge is 0.339 e. The van der Waals surface area contributed by atoms with Gasteiger partial charge in [-0.3, -0.25) is 9.59 Å². The molecule has 0 aromatic heterocycles. The second-order valence-corrected chi connectivity index (χ2v) is 5.97. The van der Waals surface area contributed by atoms with Crippen molar-refractivity contribution in [3.63, 3.8) is 0 Å². The molecule has 0 aliphatic carbocycles. The fourth-order valence-electron chi connectivity index (χ4n) is 2.09. The summed E-state index contributed by atoms with van der Waals surface area (Å²) in [5, 5.41) is 0. The zero-order chi connectivity index (χ0) is 16.4. The molecule has 2 N–H and O–H groups in total. The molecule has 8 heteroatoms. The topological polar surface area (TPSA) is 66.6 Å². The lowest BCUT2D eigenvalue weighted by molar-refractivity contribution is -0.194. The first-order valence-corrected chi connectivity index (χ1v) is 6.89. The normalized spacial score (nSPS) is 19.6. The summed E-state index contributed by atoms with van der Waals surface area (Å²) in [7, 11) is 0. The molecule has 122 valence electrons. The number of carbonyl (C=O) groups excluding carboxylic acids is 2. The molecule has 0 spiro atoms. The Morgan fingerprint density at radius 1 is 1.10 bits per heavy atom. The van der Waals surface area contributed by atoms with Gasteiger partial charge in [0.05, 0.1) is 0 Å². The Kier molecular flexibility index (Phi) is 5.25. The molecule has 0 saturated carbocycles. The molecule has 1 fully saturated rings. The van der Waals surface area contributed by atoms with Gasteiger partial charge in [-0.25, -0.2) is 0 Å². The molecule has 1 aliphatic rings. The number of rotatable bonds is 3. The summed E-state index contributed by atoms with van der Waals surface area (Å²) in [6, 6.07) is 0. The molecular weight excluding hydrogens is 287 g/mol. The minimum Gasteiger partial charge on any atom is -0.339 e. The SMILES string of the molecule is CC(C)CC(=O)N1CCN(C(=O)C(C)(N)C(F)(F)F)CC1. The fraction of sp³-hybridized carbons (Fsp3) is 0.846. The highest BCUT2D eigenvalue weighted by Gasteiger charge is 2.55. The van der Waals surface area contributed by atoms with Crippen LogP contribution in [0, 0.1) is 5.92 Å². The van der Waals surface area contributed by atoms with Crippen molar-refractivity contribution in [2.75, 3.05) is 26.2 Å². The van der Waals surface area contributed by atoms with Crippen LogP contribution in [0.25, 0.3) is 0 Å². The maximum atomic E-state index is 12.8. The Labute approximate surface area is 122 Å². The highest BCUT2D eigenvalue weighted by Crippen LogP contribution is 2.29. The van der Waals surface area contributed by atoms with Crippen LogP contribution in [-0.4, -0.2) is 59.5 Å².